The number of fused-ring (bicyclic) bond motifs is 1. The van der Waals surface area contributed by atoms with Crippen molar-refractivity contribution < 1.29 is 23.6 Å². The van der Waals surface area contributed by atoms with E-state index in [9.17, 15) is 9.59 Å². The Morgan fingerprint density at radius 3 is 2.93 bits per heavy atom. The Bertz CT molecular complexity index is 868. The van der Waals surface area contributed by atoms with Crippen LogP contribution in [0.2, 0.25) is 0 Å². The van der Waals surface area contributed by atoms with Gasteiger partial charge in [-0.05, 0) is 31.1 Å². The number of aromatic nitrogens is 3. The van der Waals surface area contributed by atoms with Gasteiger partial charge in [0.15, 0.2) is 0 Å². The summed E-state index contributed by atoms with van der Waals surface area (Å²) < 4.78 is 17.5. The average molecular weight is 402 g/mol. The number of esters is 1. The van der Waals surface area contributed by atoms with Gasteiger partial charge in [0.05, 0.1) is 29.8 Å². The highest BCUT2D eigenvalue weighted by Crippen LogP contribution is 2.37. The molecule has 1 saturated heterocycles. The van der Waals surface area contributed by atoms with Gasteiger partial charge >= 0.3 is 5.97 Å². The first-order chi connectivity index (χ1) is 14.1. The van der Waals surface area contributed by atoms with E-state index in [4.69, 9.17) is 19.1 Å². The molecule has 0 unspecified atom stereocenters. The van der Waals surface area contributed by atoms with Crippen LogP contribution in [0, 0.1) is 5.41 Å². The molecule has 2 aliphatic rings. The first-order valence-corrected chi connectivity index (χ1v) is 10.1. The van der Waals surface area contributed by atoms with Gasteiger partial charge in [-0.15, -0.1) is 0 Å². The molecule has 1 fully saturated rings. The predicted molar refractivity (Wildman–Crippen MR) is 102 cm³/mol. The lowest BCUT2D eigenvalue weighted by atomic mass is 9.76. The third-order valence-electron chi connectivity index (χ3n) is 5.80. The van der Waals surface area contributed by atoms with Crippen LogP contribution in [0.25, 0.3) is 0 Å². The molecule has 1 amide bonds. The summed E-state index contributed by atoms with van der Waals surface area (Å²) in [4.78, 5) is 24.6. The zero-order valence-corrected chi connectivity index (χ0v) is 16.6. The van der Waals surface area contributed by atoms with Crippen LogP contribution in [0.4, 0.5) is 0 Å². The molecule has 0 radical (unpaired) electrons. The van der Waals surface area contributed by atoms with Crippen LogP contribution in [-0.2, 0) is 28.9 Å². The van der Waals surface area contributed by atoms with Crippen LogP contribution in [0.5, 0.6) is 0 Å². The molecule has 4 rings (SSSR count). The van der Waals surface area contributed by atoms with Gasteiger partial charge in [0.1, 0.15) is 0 Å². The van der Waals surface area contributed by atoms with E-state index in [1.165, 1.54) is 12.3 Å². The predicted octanol–water partition coefficient (Wildman–Crippen LogP) is 1.76. The molecule has 156 valence electrons. The zero-order valence-electron chi connectivity index (χ0n) is 16.6. The number of nitrogens with zero attached hydrogens (tertiary/aromatic N) is 3. The van der Waals surface area contributed by atoms with Gasteiger partial charge in [-0.1, -0.05) is 12.1 Å². The van der Waals surface area contributed by atoms with Gasteiger partial charge in [-0.25, -0.2) is 4.79 Å². The number of nitrogens with one attached hydrogen (secondary N) is 1. The van der Waals surface area contributed by atoms with E-state index in [2.05, 4.69) is 10.5 Å². The Balaban J connectivity index is 1.47. The number of hydrogen-bond acceptors (Lipinski definition) is 7. The smallest absolute Gasteiger partial charge is 0.377 e. The van der Waals surface area contributed by atoms with Crippen molar-refractivity contribution in [1.29, 1.82) is 0 Å². The normalized spacial score (nSPS) is 18.2. The largest absolute Gasteiger partial charge is 0.460 e. The molecule has 0 saturated carbocycles. The third kappa shape index (κ3) is 4.05. The summed E-state index contributed by atoms with van der Waals surface area (Å²) >= 11 is 0. The highest BCUT2D eigenvalue weighted by Gasteiger charge is 2.39. The maximum absolute atomic E-state index is 12.8. The molecule has 0 aromatic carbocycles. The molecule has 2 aromatic rings. The number of carbonyl (C=O) groups excluding carboxylic acids is 2. The lowest BCUT2D eigenvalue weighted by Crippen LogP contribution is -2.40. The Kier molecular flexibility index (Phi) is 5.66. The van der Waals surface area contributed by atoms with E-state index in [1.807, 2.05) is 11.6 Å². The Hall–Kier alpha value is -2.68. The highest BCUT2D eigenvalue weighted by atomic mass is 16.6. The zero-order chi connectivity index (χ0) is 20.3. The van der Waals surface area contributed by atoms with E-state index in [1.54, 1.807) is 0 Å². The molecule has 1 N–H and O–H groups in total. The maximum Gasteiger partial charge on any atom is 0.377 e. The van der Waals surface area contributed by atoms with Crippen molar-refractivity contribution >= 4 is 11.9 Å². The monoisotopic (exact) mass is 402 g/mol. The van der Waals surface area contributed by atoms with E-state index in [0.29, 0.717) is 25.9 Å². The fourth-order valence-electron chi connectivity index (χ4n) is 4.13. The van der Waals surface area contributed by atoms with Crippen molar-refractivity contribution in [2.75, 3.05) is 26.4 Å². The number of aryl methyl sites for hydroxylation is 2. The quantitative estimate of drug-likeness (QED) is 0.579. The molecule has 4 heterocycles. The lowest BCUT2D eigenvalue weighted by molar-refractivity contribution is 0.0152. The average Bonchev–Trinajstić information content (AvgIpc) is 3.36. The molecule has 29 heavy (non-hydrogen) atoms. The second-order valence-corrected chi connectivity index (χ2v) is 7.68. The second kappa shape index (κ2) is 8.36. The fraction of sp³-hybridized carbons (Fsp3) is 0.600. The van der Waals surface area contributed by atoms with Crippen molar-refractivity contribution in [1.82, 2.24) is 20.3 Å². The summed E-state index contributed by atoms with van der Waals surface area (Å²) in [5.74, 6) is -0.482. The Morgan fingerprint density at radius 1 is 1.38 bits per heavy atom. The van der Waals surface area contributed by atoms with Crippen molar-refractivity contribution in [2.24, 2.45) is 5.41 Å². The SMILES string of the molecule is CCc1nn(CCCOC(=O)c2ccno2)c2c1C(=O)NCC1(CCOCC1)C2. The van der Waals surface area contributed by atoms with Gasteiger partial charge < -0.3 is 19.3 Å². The molecule has 2 aromatic heterocycles. The van der Waals surface area contributed by atoms with E-state index in [-0.39, 0.29) is 23.7 Å². The van der Waals surface area contributed by atoms with Crippen LogP contribution in [0.3, 0.4) is 0 Å². The molecule has 0 aliphatic carbocycles. The molecule has 9 nitrogen and oxygen atoms in total. The number of carbonyl (C=O) groups is 2. The van der Waals surface area contributed by atoms with Gasteiger partial charge in [0.25, 0.3) is 5.91 Å². The van der Waals surface area contributed by atoms with Crippen LogP contribution in [0.15, 0.2) is 16.8 Å². The number of amides is 1. The first kappa shape index (κ1) is 19.6. The minimum absolute atomic E-state index is 0.0146. The van der Waals surface area contributed by atoms with Crippen LogP contribution < -0.4 is 5.32 Å². The van der Waals surface area contributed by atoms with Gasteiger partial charge in [-0.2, -0.15) is 5.10 Å². The molecule has 2 aliphatic heterocycles. The second-order valence-electron chi connectivity index (χ2n) is 7.68. The minimum Gasteiger partial charge on any atom is -0.460 e. The summed E-state index contributed by atoms with van der Waals surface area (Å²) in [7, 11) is 0. The Labute approximate surface area is 168 Å². The lowest BCUT2D eigenvalue weighted by Gasteiger charge is -2.36. The van der Waals surface area contributed by atoms with Crippen LogP contribution in [0.1, 0.15) is 58.5 Å². The van der Waals surface area contributed by atoms with Gasteiger partial charge in [0, 0.05) is 38.8 Å². The molecule has 0 bridgehead atoms. The van der Waals surface area contributed by atoms with Crippen molar-refractivity contribution in [2.45, 2.75) is 45.6 Å². The summed E-state index contributed by atoms with van der Waals surface area (Å²) in [6.45, 7) is 4.93. The minimum atomic E-state index is -0.531. The van der Waals surface area contributed by atoms with E-state index in [0.717, 1.165) is 49.4 Å². The molecular formula is C20H26N4O5. The summed E-state index contributed by atoms with van der Waals surface area (Å²) in [5.41, 5.74) is 2.54. The van der Waals surface area contributed by atoms with E-state index >= 15 is 0 Å². The van der Waals surface area contributed by atoms with Crippen molar-refractivity contribution in [3.05, 3.63) is 35.0 Å². The maximum atomic E-state index is 12.8. The van der Waals surface area contributed by atoms with Crippen LogP contribution >= 0.6 is 0 Å². The van der Waals surface area contributed by atoms with Crippen molar-refractivity contribution in [3.8, 4) is 0 Å². The Morgan fingerprint density at radius 2 is 2.21 bits per heavy atom. The molecule has 0 atom stereocenters. The molecular weight excluding hydrogens is 376 g/mol. The highest BCUT2D eigenvalue weighted by molar-refractivity contribution is 5.97. The topological polar surface area (TPSA) is 108 Å². The van der Waals surface area contributed by atoms with Gasteiger partial charge in [0.2, 0.25) is 5.76 Å². The third-order valence-corrected chi connectivity index (χ3v) is 5.80. The van der Waals surface area contributed by atoms with Crippen molar-refractivity contribution in [3.63, 3.8) is 0 Å². The summed E-state index contributed by atoms with van der Waals surface area (Å²) in [6.07, 6.45) is 5.34. The van der Waals surface area contributed by atoms with Gasteiger partial charge in [-0.3, -0.25) is 9.48 Å². The van der Waals surface area contributed by atoms with Crippen LogP contribution in [-0.4, -0.2) is 53.2 Å². The fourth-order valence-corrected chi connectivity index (χ4v) is 4.13. The molecule has 1 spiro atoms. The standard InChI is InChI=1S/C20H26N4O5/c1-2-14-17-15(12-20(13-21-18(17)25)5-10-27-11-6-20)24(23-14)8-3-9-28-19(26)16-4-7-22-29-16/h4,7H,2-3,5-6,8-13H2,1H3,(H,21,25). The first-order valence-electron chi connectivity index (χ1n) is 10.1. The number of ether oxygens (including phenoxy) is 2. The summed E-state index contributed by atoms with van der Waals surface area (Å²) in [5, 5.41) is 11.3. The molecule has 9 heteroatoms. The van der Waals surface area contributed by atoms with E-state index < -0.39 is 5.97 Å². The summed E-state index contributed by atoms with van der Waals surface area (Å²) in [6, 6.07) is 1.47. The number of rotatable bonds is 6. The number of hydrogen-bond donors (Lipinski definition) is 1.